The molecule has 1 aromatic rings. The molecular formula is C14H21Cl2NO. The molecule has 0 heterocycles. The second kappa shape index (κ2) is 8.00. The minimum absolute atomic E-state index is 0.250. The highest BCUT2D eigenvalue weighted by molar-refractivity contribution is 6.42. The van der Waals surface area contributed by atoms with Crippen LogP contribution < -0.4 is 5.32 Å². The van der Waals surface area contributed by atoms with Crippen LogP contribution in [0.4, 0.5) is 0 Å². The van der Waals surface area contributed by atoms with E-state index in [1.165, 1.54) is 5.56 Å². The maximum Gasteiger partial charge on any atom is 0.0626 e. The highest BCUT2D eigenvalue weighted by Crippen LogP contribution is 2.23. The second-order valence-corrected chi connectivity index (χ2v) is 5.40. The number of rotatable bonds is 7. The van der Waals surface area contributed by atoms with Gasteiger partial charge >= 0.3 is 0 Å². The van der Waals surface area contributed by atoms with Crippen molar-refractivity contribution in [3.63, 3.8) is 0 Å². The van der Waals surface area contributed by atoms with E-state index >= 15 is 0 Å². The fourth-order valence-corrected chi connectivity index (χ4v) is 2.06. The molecule has 0 bridgehead atoms. The molecular weight excluding hydrogens is 269 g/mol. The Morgan fingerprint density at radius 3 is 2.50 bits per heavy atom. The highest BCUT2D eigenvalue weighted by atomic mass is 35.5. The molecule has 0 aliphatic heterocycles. The summed E-state index contributed by atoms with van der Waals surface area (Å²) < 4.78 is 5.66. The molecule has 18 heavy (non-hydrogen) atoms. The minimum atomic E-state index is 0.250. The summed E-state index contributed by atoms with van der Waals surface area (Å²) in [5, 5.41) is 4.62. The van der Waals surface area contributed by atoms with Crippen molar-refractivity contribution in [3.8, 4) is 0 Å². The fourth-order valence-electron chi connectivity index (χ4n) is 1.74. The Morgan fingerprint density at radius 1 is 1.22 bits per heavy atom. The van der Waals surface area contributed by atoms with E-state index in [1.54, 1.807) is 0 Å². The molecule has 4 heteroatoms. The molecule has 102 valence electrons. The molecule has 0 radical (unpaired) electrons. The molecule has 0 aromatic heterocycles. The minimum Gasteiger partial charge on any atom is -0.377 e. The number of halogens is 2. The first-order valence-corrected chi connectivity index (χ1v) is 7.07. The molecule has 1 aromatic carbocycles. The first-order valence-electron chi connectivity index (χ1n) is 6.31. The van der Waals surface area contributed by atoms with Gasteiger partial charge in [0.2, 0.25) is 0 Å². The van der Waals surface area contributed by atoms with Gasteiger partial charge in [-0.3, -0.25) is 0 Å². The molecule has 1 N–H and O–H groups in total. The zero-order valence-electron chi connectivity index (χ0n) is 11.2. The van der Waals surface area contributed by atoms with Crippen LogP contribution in [0.25, 0.3) is 0 Å². The predicted molar refractivity (Wildman–Crippen MR) is 78.7 cm³/mol. The summed E-state index contributed by atoms with van der Waals surface area (Å²) in [5.74, 6) is 0. The summed E-state index contributed by atoms with van der Waals surface area (Å²) >= 11 is 11.9. The Morgan fingerprint density at radius 2 is 1.94 bits per heavy atom. The van der Waals surface area contributed by atoms with Crippen LogP contribution in [0.1, 0.15) is 26.3 Å². The Bertz CT molecular complexity index is 369. The molecule has 0 spiro atoms. The highest BCUT2D eigenvalue weighted by Gasteiger charge is 2.10. The van der Waals surface area contributed by atoms with Gasteiger partial charge < -0.3 is 10.1 Å². The Hall–Kier alpha value is -0.280. The van der Waals surface area contributed by atoms with Crippen molar-refractivity contribution >= 4 is 23.2 Å². The van der Waals surface area contributed by atoms with E-state index in [2.05, 4.69) is 12.2 Å². The molecule has 0 amide bonds. The molecule has 1 rings (SSSR count). The smallest absolute Gasteiger partial charge is 0.0626 e. The normalized spacial score (nSPS) is 13.0. The van der Waals surface area contributed by atoms with Crippen LogP contribution in [0.3, 0.4) is 0 Å². The van der Waals surface area contributed by atoms with E-state index in [9.17, 15) is 0 Å². The number of benzene rings is 1. The third-order valence-electron chi connectivity index (χ3n) is 2.59. The standard InChI is InChI=1S/C14H21Cl2NO/c1-4-17-12(9-18-10(2)3)7-11-5-6-13(15)14(16)8-11/h5-6,8,10,12,17H,4,7,9H2,1-3H3. The molecule has 0 aliphatic carbocycles. The van der Waals surface area contributed by atoms with Gasteiger partial charge in [0.05, 0.1) is 22.8 Å². The summed E-state index contributed by atoms with van der Waals surface area (Å²) in [5.41, 5.74) is 1.17. The monoisotopic (exact) mass is 289 g/mol. The van der Waals surface area contributed by atoms with Crippen molar-refractivity contribution in [3.05, 3.63) is 33.8 Å². The van der Waals surface area contributed by atoms with Gasteiger partial charge in [-0.2, -0.15) is 0 Å². The molecule has 0 saturated carbocycles. The topological polar surface area (TPSA) is 21.3 Å². The summed E-state index contributed by atoms with van der Waals surface area (Å²) in [6.45, 7) is 7.81. The third kappa shape index (κ3) is 5.57. The summed E-state index contributed by atoms with van der Waals surface area (Å²) in [4.78, 5) is 0. The number of hydrogen-bond donors (Lipinski definition) is 1. The van der Waals surface area contributed by atoms with E-state index < -0.39 is 0 Å². The summed E-state index contributed by atoms with van der Waals surface area (Å²) in [6.07, 6.45) is 1.14. The Balaban J connectivity index is 2.61. The van der Waals surface area contributed by atoms with E-state index in [0.29, 0.717) is 22.7 Å². The van der Waals surface area contributed by atoms with Crippen LogP contribution in [0.5, 0.6) is 0 Å². The lowest BCUT2D eigenvalue weighted by atomic mass is 10.1. The lowest BCUT2D eigenvalue weighted by Gasteiger charge is -2.19. The molecule has 1 atom stereocenters. The van der Waals surface area contributed by atoms with Crippen molar-refractivity contribution in [1.82, 2.24) is 5.32 Å². The first-order chi connectivity index (χ1) is 8.52. The van der Waals surface area contributed by atoms with E-state index in [0.717, 1.165) is 13.0 Å². The largest absolute Gasteiger partial charge is 0.377 e. The molecule has 2 nitrogen and oxygen atoms in total. The zero-order chi connectivity index (χ0) is 13.5. The summed E-state index contributed by atoms with van der Waals surface area (Å²) in [7, 11) is 0. The van der Waals surface area contributed by atoms with Gasteiger partial charge in [0, 0.05) is 6.04 Å². The van der Waals surface area contributed by atoms with Crippen molar-refractivity contribution in [2.24, 2.45) is 0 Å². The molecule has 0 aliphatic rings. The molecule has 0 fully saturated rings. The van der Waals surface area contributed by atoms with Gasteiger partial charge in [0.25, 0.3) is 0 Å². The van der Waals surface area contributed by atoms with Crippen LogP contribution >= 0.6 is 23.2 Å². The quantitative estimate of drug-likeness (QED) is 0.821. The van der Waals surface area contributed by atoms with Gasteiger partial charge in [0.15, 0.2) is 0 Å². The van der Waals surface area contributed by atoms with Gasteiger partial charge in [-0.05, 0) is 44.5 Å². The van der Waals surface area contributed by atoms with E-state index in [1.807, 2.05) is 32.0 Å². The number of nitrogens with one attached hydrogen (secondary N) is 1. The van der Waals surface area contributed by atoms with Crippen molar-refractivity contribution in [1.29, 1.82) is 0 Å². The Kier molecular flexibility index (Phi) is 7.02. The van der Waals surface area contributed by atoms with E-state index in [4.69, 9.17) is 27.9 Å². The van der Waals surface area contributed by atoms with Crippen LogP contribution in [-0.2, 0) is 11.2 Å². The van der Waals surface area contributed by atoms with Crippen molar-refractivity contribution in [2.45, 2.75) is 39.3 Å². The predicted octanol–water partition coefficient (Wildman–Crippen LogP) is 3.94. The third-order valence-corrected chi connectivity index (χ3v) is 3.33. The molecule has 0 saturated heterocycles. The Labute approximate surface area is 120 Å². The SMILES string of the molecule is CCNC(COC(C)C)Cc1ccc(Cl)c(Cl)c1. The lowest BCUT2D eigenvalue weighted by molar-refractivity contribution is 0.0616. The van der Waals surface area contributed by atoms with Gasteiger partial charge in [0.1, 0.15) is 0 Å². The van der Waals surface area contributed by atoms with Crippen LogP contribution in [0.15, 0.2) is 18.2 Å². The summed E-state index contributed by atoms with van der Waals surface area (Å²) in [6, 6.07) is 6.07. The van der Waals surface area contributed by atoms with Gasteiger partial charge in [-0.25, -0.2) is 0 Å². The number of likely N-dealkylation sites (N-methyl/N-ethyl adjacent to an activating group) is 1. The lowest BCUT2D eigenvalue weighted by Crippen LogP contribution is -2.36. The second-order valence-electron chi connectivity index (χ2n) is 4.59. The van der Waals surface area contributed by atoms with Crippen LogP contribution in [0.2, 0.25) is 10.0 Å². The van der Waals surface area contributed by atoms with Gasteiger partial charge in [-0.1, -0.05) is 36.2 Å². The fraction of sp³-hybridized carbons (Fsp3) is 0.571. The average Bonchev–Trinajstić information content (AvgIpc) is 2.31. The van der Waals surface area contributed by atoms with Crippen molar-refractivity contribution < 1.29 is 4.74 Å². The average molecular weight is 290 g/mol. The molecule has 1 unspecified atom stereocenters. The van der Waals surface area contributed by atoms with Gasteiger partial charge in [-0.15, -0.1) is 0 Å². The first kappa shape index (κ1) is 15.8. The van der Waals surface area contributed by atoms with Crippen molar-refractivity contribution in [2.75, 3.05) is 13.2 Å². The van der Waals surface area contributed by atoms with Crippen LogP contribution in [0, 0.1) is 0 Å². The van der Waals surface area contributed by atoms with E-state index in [-0.39, 0.29) is 6.10 Å². The number of hydrogen-bond acceptors (Lipinski definition) is 2. The number of ether oxygens (including phenoxy) is 1. The van der Waals surface area contributed by atoms with Crippen LogP contribution in [-0.4, -0.2) is 25.3 Å². The maximum atomic E-state index is 6.02. The zero-order valence-corrected chi connectivity index (χ0v) is 12.7. The maximum absolute atomic E-state index is 6.02.